The van der Waals surface area contributed by atoms with Gasteiger partial charge in [0.25, 0.3) is 0 Å². The first kappa shape index (κ1) is 46.2. The van der Waals surface area contributed by atoms with E-state index in [4.69, 9.17) is 5.73 Å². The first-order valence-corrected chi connectivity index (χ1v) is 18.5. The summed E-state index contributed by atoms with van der Waals surface area (Å²) in [5.74, 6) is -0.123. The number of hydrogen-bond donors (Lipinski definition) is 1. The summed E-state index contributed by atoms with van der Waals surface area (Å²) < 4.78 is 0. The maximum atomic E-state index is 13.2. The lowest BCUT2D eigenvalue weighted by atomic mass is 9.72. The first-order valence-electron chi connectivity index (χ1n) is 18.5. The monoisotopic (exact) mass is 658 g/mol. The fraction of sp³-hybridized carbons (Fsp3) is 0.667. The zero-order chi connectivity index (χ0) is 33.4. The summed E-state index contributed by atoms with van der Waals surface area (Å²) in [6.07, 6.45) is 47.3. The Morgan fingerprint density at radius 3 is 1.30 bits per heavy atom. The molecule has 0 aliphatic heterocycles. The van der Waals surface area contributed by atoms with Crippen LogP contribution in [0.3, 0.4) is 0 Å². The van der Waals surface area contributed by atoms with Gasteiger partial charge in [-0.25, -0.2) is 0 Å². The SMILES string of the molecule is CC/C=C\C/C=C\C/C=C\CCCCCCCC(=O)C(C(C)C)C(C)(N)C(=O)CCCCCCC/C=C\C/C=C\C/C=C\CC.Cl. The number of Topliss-reactive ketones (excluding diaryl/α,β-unsaturated/α-hetero) is 2. The van der Waals surface area contributed by atoms with Crippen molar-refractivity contribution in [3.63, 3.8) is 0 Å². The number of hydrogen-bond acceptors (Lipinski definition) is 3. The van der Waals surface area contributed by atoms with Gasteiger partial charge in [0, 0.05) is 18.8 Å². The Morgan fingerprint density at radius 1 is 0.543 bits per heavy atom. The summed E-state index contributed by atoms with van der Waals surface area (Å²) in [5.41, 5.74) is 5.54. The third-order valence-electron chi connectivity index (χ3n) is 8.39. The van der Waals surface area contributed by atoms with Gasteiger partial charge in [0.1, 0.15) is 5.78 Å². The maximum Gasteiger partial charge on any atom is 0.153 e. The molecule has 46 heavy (non-hydrogen) atoms. The fourth-order valence-corrected chi connectivity index (χ4v) is 5.82. The molecule has 0 aromatic heterocycles. The molecule has 0 aromatic rings. The Bertz CT molecular complexity index is 907. The Morgan fingerprint density at radius 2 is 0.891 bits per heavy atom. The lowest BCUT2D eigenvalue weighted by molar-refractivity contribution is -0.135. The number of rotatable bonds is 30. The molecule has 3 nitrogen and oxygen atoms in total. The highest BCUT2D eigenvalue weighted by Gasteiger charge is 2.42. The van der Waals surface area contributed by atoms with Gasteiger partial charge < -0.3 is 5.73 Å². The van der Waals surface area contributed by atoms with E-state index in [2.05, 4.69) is 86.8 Å². The topological polar surface area (TPSA) is 60.2 Å². The van der Waals surface area contributed by atoms with Crippen molar-refractivity contribution in [2.45, 2.75) is 169 Å². The second-order valence-electron chi connectivity index (χ2n) is 13.1. The average Bonchev–Trinajstić information content (AvgIpc) is 3.00. The standard InChI is InChI=1S/C42H71NO2.ClH/c1-6-8-10-12-14-16-18-20-22-24-26-28-30-32-34-36-39(44)41(38(3)4)42(5,43)40(45)37-35-33-31-29-27-25-23-21-19-17-15-13-11-9-7-2;/h8-11,14-17,20-23,38,41H,6-7,12-13,18-19,24-37,43H2,1-5H3;1H/b10-8-,11-9-,16-14-,17-15-,22-20-,23-21-;. The lowest BCUT2D eigenvalue weighted by Crippen LogP contribution is -2.56. The smallest absolute Gasteiger partial charge is 0.153 e. The molecule has 2 N–H and O–H groups in total. The quantitative estimate of drug-likeness (QED) is 0.0617. The van der Waals surface area contributed by atoms with Crippen LogP contribution < -0.4 is 5.73 Å². The molecule has 0 aliphatic carbocycles. The Kier molecular flexibility index (Phi) is 33.1. The van der Waals surface area contributed by atoms with E-state index in [1.165, 1.54) is 25.7 Å². The number of carbonyl (C=O) groups excluding carboxylic acids is 2. The van der Waals surface area contributed by atoms with Crippen molar-refractivity contribution in [3.8, 4) is 0 Å². The number of nitrogens with two attached hydrogens (primary N) is 1. The van der Waals surface area contributed by atoms with Crippen molar-refractivity contribution in [1.82, 2.24) is 0 Å². The van der Waals surface area contributed by atoms with Gasteiger partial charge in [-0.1, -0.05) is 139 Å². The van der Waals surface area contributed by atoms with Crippen LogP contribution in [0.1, 0.15) is 163 Å². The minimum atomic E-state index is -1.08. The summed E-state index contributed by atoms with van der Waals surface area (Å²) in [6.45, 7) is 10.2. The number of carbonyl (C=O) groups is 2. The van der Waals surface area contributed by atoms with Crippen LogP contribution >= 0.6 is 12.4 Å². The molecular formula is C42H72ClNO2. The van der Waals surface area contributed by atoms with E-state index < -0.39 is 11.5 Å². The van der Waals surface area contributed by atoms with Gasteiger partial charge in [-0.2, -0.15) is 0 Å². The largest absolute Gasteiger partial charge is 0.319 e. The predicted octanol–water partition coefficient (Wildman–Crippen LogP) is 12.7. The molecule has 0 amide bonds. The maximum absolute atomic E-state index is 13.2. The average molecular weight is 658 g/mol. The third-order valence-corrected chi connectivity index (χ3v) is 8.39. The molecule has 4 heteroatoms. The number of unbranched alkanes of at least 4 members (excludes halogenated alkanes) is 10. The van der Waals surface area contributed by atoms with Gasteiger partial charge in [0.2, 0.25) is 0 Å². The van der Waals surface area contributed by atoms with Crippen LogP contribution in [0.4, 0.5) is 0 Å². The van der Waals surface area contributed by atoms with Gasteiger partial charge >= 0.3 is 0 Å². The van der Waals surface area contributed by atoms with Crippen molar-refractivity contribution in [1.29, 1.82) is 0 Å². The third kappa shape index (κ3) is 26.1. The second kappa shape index (κ2) is 33.0. The molecular weight excluding hydrogens is 586 g/mol. The zero-order valence-corrected chi connectivity index (χ0v) is 31.3. The number of ketones is 2. The van der Waals surface area contributed by atoms with Crippen molar-refractivity contribution < 1.29 is 9.59 Å². The van der Waals surface area contributed by atoms with Gasteiger partial charge in [-0.15, -0.1) is 12.4 Å². The Labute approximate surface area is 291 Å². The molecule has 0 saturated carbocycles. The molecule has 264 valence electrons. The van der Waals surface area contributed by atoms with Gasteiger partial charge in [-0.05, 0) is 89.9 Å². The Balaban J connectivity index is 0. The van der Waals surface area contributed by atoms with E-state index in [9.17, 15) is 9.59 Å². The van der Waals surface area contributed by atoms with Crippen LogP contribution in [0.15, 0.2) is 72.9 Å². The van der Waals surface area contributed by atoms with E-state index in [1.807, 2.05) is 13.8 Å². The van der Waals surface area contributed by atoms with Crippen LogP contribution in [-0.4, -0.2) is 17.1 Å². The van der Waals surface area contributed by atoms with Crippen molar-refractivity contribution in [2.75, 3.05) is 0 Å². The highest BCUT2D eigenvalue weighted by Crippen LogP contribution is 2.29. The molecule has 0 heterocycles. The highest BCUT2D eigenvalue weighted by atomic mass is 35.5. The van der Waals surface area contributed by atoms with Crippen molar-refractivity contribution in [3.05, 3.63) is 72.9 Å². The molecule has 2 unspecified atom stereocenters. The van der Waals surface area contributed by atoms with Crippen LogP contribution in [0.2, 0.25) is 0 Å². The van der Waals surface area contributed by atoms with Crippen LogP contribution in [0, 0.1) is 11.8 Å². The second-order valence-corrected chi connectivity index (χ2v) is 13.1. The van der Waals surface area contributed by atoms with E-state index >= 15 is 0 Å². The molecule has 0 radical (unpaired) electrons. The van der Waals surface area contributed by atoms with E-state index in [1.54, 1.807) is 6.92 Å². The van der Waals surface area contributed by atoms with E-state index in [-0.39, 0.29) is 29.9 Å². The molecule has 0 fully saturated rings. The van der Waals surface area contributed by atoms with E-state index in [0.29, 0.717) is 12.8 Å². The minimum Gasteiger partial charge on any atom is -0.319 e. The molecule has 0 bridgehead atoms. The highest BCUT2D eigenvalue weighted by molar-refractivity contribution is 5.95. The molecule has 0 aromatic carbocycles. The van der Waals surface area contributed by atoms with Gasteiger partial charge in [0.05, 0.1) is 5.54 Å². The molecule has 0 saturated heterocycles. The molecule has 0 rings (SSSR count). The predicted molar refractivity (Wildman–Crippen MR) is 207 cm³/mol. The lowest BCUT2D eigenvalue weighted by Gasteiger charge is -2.35. The minimum absolute atomic E-state index is 0. The zero-order valence-electron chi connectivity index (χ0n) is 30.5. The number of halogens is 1. The van der Waals surface area contributed by atoms with Crippen LogP contribution in [-0.2, 0) is 9.59 Å². The summed E-state index contributed by atoms with van der Waals surface area (Å²) in [7, 11) is 0. The van der Waals surface area contributed by atoms with Crippen LogP contribution in [0.25, 0.3) is 0 Å². The van der Waals surface area contributed by atoms with Gasteiger partial charge in [-0.3, -0.25) is 9.59 Å². The van der Waals surface area contributed by atoms with Crippen LogP contribution in [0.5, 0.6) is 0 Å². The number of allylic oxidation sites excluding steroid dienone is 12. The summed E-state index contributed by atoms with van der Waals surface area (Å²) in [6, 6.07) is 0. The molecule has 0 spiro atoms. The van der Waals surface area contributed by atoms with Gasteiger partial charge in [0.15, 0.2) is 5.78 Å². The van der Waals surface area contributed by atoms with Crippen molar-refractivity contribution >= 4 is 24.0 Å². The van der Waals surface area contributed by atoms with Crippen molar-refractivity contribution in [2.24, 2.45) is 17.6 Å². The summed E-state index contributed by atoms with van der Waals surface area (Å²) in [5, 5.41) is 0. The first-order chi connectivity index (χ1) is 21.8. The summed E-state index contributed by atoms with van der Waals surface area (Å²) in [4.78, 5) is 26.4. The Hall–Kier alpha value is -1.97. The molecule has 0 aliphatic rings. The summed E-state index contributed by atoms with van der Waals surface area (Å²) >= 11 is 0. The normalized spacial score (nSPS) is 14.5. The fourth-order valence-electron chi connectivity index (χ4n) is 5.82. The molecule has 2 atom stereocenters. The van der Waals surface area contributed by atoms with E-state index in [0.717, 1.165) is 89.9 Å².